The summed E-state index contributed by atoms with van der Waals surface area (Å²) in [6.45, 7) is 7.95. The van der Waals surface area contributed by atoms with Crippen molar-refractivity contribution in [3.8, 4) is 17.6 Å². The van der Waals surface area contributed by atoms with Crippen LogP contribution in [0, 0.1) is 40.9 Å². The monoisotopic (exact) mass is 1110 g/mol. The molecular weight excluding hydrogens is 1020 g/mol. The molecule has 3 saturated carbocycles. The number of rotatable bonds is 5. The second kappa shape index (κ2) is 25.1. The van der Waals surface area contributed by atoms with Gasteiger partial charge in [-0.25, -0.2) is 0 Å². The van der Waals surface area contributed by atoms with Crippen LogP contribution in [0.5, 0.6) is 5.75 Å². The second-order valence-electron chi connectivity index (χ2n) is 23.8. The highest BCUT2D eigenvalue weighted by Gasteiger charge is 2.70. The average Bonchev–Trinajstić information content (AvgIpc) is 2.44. The first-order valence-corrected chi connectivity index (χ1v) is 28.7. The summed E-state index contributed by atoms with van der Waals surface area (Å²) in [5.74, 6) is 1.01. The van der Waals surface area contributed by atoms with Gasteiger partial charge < -0.3 is 63.0 Å². The highest BCUT2D eigenvalue weighted by atomic mass is 16.5. The first-order valence-electron chi connectivity index (χ1n) is 28.7. The number of allylic oxidation sites excluding steroid dienone is 5. The van der Waals surface area contributed by atoms with Gasteiger partial charge in [0.1, 0.15) is 24.6 Å². The van der Waals surface area contributed by atoms with Gasteiger partial charge >= 0.3 is 0 Å². The van der Waals surface area contributed by atoms with Crippen LogP contribution < -0.4 is 27.8 Å². The van der Waals surface area contributed by atoms with E-state index < -0.39 is 76.9 Å². The zero-order valence-corrected chi connectivity index (χ0v) is 46.7. The van der Waals surface area contributed by atoms with Crippen molar-refractivity contribution in [3.63, 3.8) is 0 Å². The Morgan fingerprint density at radius 1 is 0.951 bits per heavy atom. The number of hydrogen-bond acceptors (Lipinski definition) is 13. The van der Waals surface area contributed by atoms with Crippen molar-refractivity contribution >= 4 is 17.6 Å². The Bertz CT molecular complexity index is 3060. The second-order valence-corrected chi connectivity index (χ2v) is 23.8. The number of nitrogens with zero attached hydrogens (tertiary/aromatic N) is 1. The molecule has 81 heavy (non-hydrogen) atoms. The summed E-state index contributed by atoms with van der Waals surface area (Å²) < 4.78 is 6.22. The third kappa shape index (κ3) is 12.6. The predicted molar refractivity (Wildman–Crippen MR) is 310 cm³/mol. The Morgan fingerprint density at radius 2 is 1.70 bits per heavy atom. The number of carbonyl (C=O) groups is 2. The highest BCUT2D eigenvalue weighted by Crippen LogP contribution is 2.69. The molecule has 1 spiro atoms. The van der Waals surface area contributed by atoms with Gasteiger partial charge in [0.05, 0.1) is 30.5 Å². The van der Waals surface area contributed by atoms with Crippen LogP contribution in [-0.4, -0.2) is 109 Å². The number of fused-ring (bicyclic) bond motifs is 3. The van der Waals surface area contributed by atoms with E-state index in [1.807, 2.05) is 62.4 Å². The van der Waals surface area contributed by atoms with E-state index in [4.69, 9.17) is 21.9 Å². The SMILES string of the molecule is C=C1/C=C/C=C(\[C@H]2C[C@@H]3CCC[C@@]4(O)CC/C5=C(/C)C(=O)Cc6cccc7c6[C@H](NC[C@H](O)[C@@H]([C@H](CN=C(N)N)c6ccc(O)cc6)Cc6cccc(c6)C[C@H](O)CC[C@H]5[C@@]34[C@@H]2O)C(=O)N[C@H]7N)COCC#CC/C(C)=C/CC1(O)O. The molecule has 15 N–H and O–H groups in total. The first kappa shape index (κ1) is 59.4. The number of nitrogens with two attached hydrogens (primary N) is 3. The number of aromatic hydroxyl groups is 1. The van der Waals surface area contributed by atoms with Crippen molar-refractivity contribution in [2.24, 2.45) is 51.3 Å². The van der Waals surface area contributed by atoms with Crippen LogP contribution in [0.1, 0.15) is 130 Å². The lowest BCUT2D eigenvalue weighted by Gasteiger charge is -2.61. The van der Waals surface area contributed by atoms with Crippen LogP contribution in [0.15, 0.2) is 130 Å². The van der Waals surface area contributed by atoms with E-state index in [1.54, 1.807) is 42.5 Å². The van der Waals surface area contributed by atoms with E-state index in [1.165, 1.54) is 0 Å². The number of aliphatic imine (C=N–C) groups is 1. The molecule has 0 saturated heterocycles. The van der Waals surface area contributed by atoms with Gasteiger partial charge in [-0.05, 0) is 146 Å². The average molecular weight is 1110 g/mol. The van der Waals surface area contributed by atoms with Gasteiger partial charge in [-0.3, -0.25) is 19.9 Å². The van der Waals surface area contributed by atoms with Gasteiger partial charge in [-0.1, -0.05) is 115 Å². The van der Waals surface area contributed by atoms with Crippen LogP contribution in [-0.2, 0) is 33.6 Å². The quantitative estimate of drug-likeness (QED) is 0.0508. The molecule has 1 amide bonds. The normalized spacial score (nSPS) is 34.4. The number of benzene rings is 3. The predicted octanol–water partition coefficient (Wildman–Crippen LogP) is 5.30. The van der Waals surface area contributed by atoms with E-state index in [0.717, 1.165) is 46.3 Å². The van der Waals surface area contributed by atoms with E-state index in [0.29, 0.717) is 67.2 Å². The van der Waals surface area contributed by atoms with Crippen molar-refractivity contribution < 1.29 is 50.1 Å². The van der Waals surface area contributed by atoms with Crippen LogP contribution in [0.2, 0.25) is 0 Å². The minimum Gasteiger partial charge on any atom is -0.508 e. The molecule has 3 heterocycles. The Hall–Kier alpha value is -6.23. The van der Waals surface area contributed by atoms with E-state index >= 15 is 4.79 Å². The maximum atomic E-state index is 15.3. The number of β-amino-alcohol motifs (C(OH)–C–C–N with tert-alkyl or cyclic N) is 1. The summed E-state index contributed by atoms with van der Waals surface area (Å²) in [4.78, 5) is 33.9. The Morgan fingerprint density at radius 3 is 2.47 bits per heavy atom. The van der Waals surface area contributed by atoms with Crippen molar-refractivity contribution in [1.82, 2.24) is 10.6 Å². The molecule has 3 aliphatic carbocycles. The largest absolute Gasteiger partial charge is 0.508 e. The maximum Gasteiger partial charge on any atom is 0.243 e. The summed E-state index contributed by atoms with van der Waals surface area (Å²) in [6.07, 6.45) is 7.50. The number of hydrogen-bond donors (Lipinski definition) is 12. The molecule has 9 rings (SSSR count). The van der Waals surface area contributed by atoms with Crippen molar-refractivity contribution in [2.75, 3.05) is 26.3 Å². The number of ketones is 1. The fraction of sp³-hybridized carbons (Fsp3) is 0.492. The number of amides is 1. The van der Waals surface area contributed by atoms with Gasteiger partial charge in [0.15, 0.2) is 17.5 Å². The summed E-state index contributed by atoms with van der Waals surface area (Å²) in [7, 11) is 0. The smallest absolute Gasteiger partial charge is 0.243 e. The number of guanidine groups is 1. The molecule has 0 unspecified atom stereocenters. The lowest BCUT2D eigenvalue weighted by molar-refractivity contribution is -0.216. The van der Waals surface area contributed by atoms with Crippen LogP contribution in [0.4, 0.5) is 0 Å². The van der Waals surface area contributed by atoms with Crippen LogP contribution >= 0.6 is 0 Å². The highest BCUT2D eigenvalue weighted by molar-refractivity contribution is 5.98. The number of aliphatic hydroxyl groups is 6. The zero-order valence-electron chi connectivity index (χ0n) is 46.7. The van der Waals surface area contributed by atoms with E-state index in [9.17, 15) is 40.5 Å². The molecular formula is C65H82N6O10. The fourth-order valence-electron chi connectivity index (χ4n) is 14.7. The lowest BCUT2D eigenvalue weighted by Crippen LogP contribution is -2.65. The minimum absolute atomic E-state index is 0.0659. The molecule has 3 aliphatic heterocycles. The molecule has 6 aliphatic rings. The zero-order chi connectivity index (χ0) is 57.8. The Balaban J connectivity index is 1.14. The number of Topliss-reactive ketones (excluding diaryl/α,β-unsaturated/α-hetero) is 1. The number of phenolic OH excluding ortho intramolecular Hbond substituents is 1. The maximum absolute atomic E-state index is 15.3. The first-order chi connectivity index (χ1) is 38.7. The summed E-state index contributed by atoms with van der Waals surface area (Å²) in [6, 6.07) is 19.0. The molecule has 0 radical (unpaired) electrons. The van der Waals surface area contributed by atoms with Crippen LogP contribution in [0.25, 0.3) is 0 Å². The van der Waals surface area contributed by atoms with Gasteiger partial charge in [0.2, 0.25) is 5.91 Å². The minimum atomic E-state index is -2.20. The molecule has 0 aromatic heterocycles. The van der Waals surface area contributed by atoms with Crippen molar-refractivity contribution in [2.45, 2.75) is 145 Å². The number of carbonyl (C=O) groups excluding carboxylic acids is 2. The lowest BCUT2D eigenvalue weighted by atomic mass is 9.45. The Kier molecular flexibility index (Phi) is 18.4. The van der Waals surface area contributed by atoms with Gasteiger partial charge in [-0.2, -0.15) is 0 Å². The Labute approximate surface area is 475 Å². The van der Waals surface area contributed by atoms with Gasteiger partial charge in [-0.15, -0.1) is 0 Å². The van der Waals surface area contributed by atoms with Crippen molar-refractivity contribution in [3.05, 3.63) is 159 Å². The number of nitrogens with one attached hydrogen (secondary N) is 2. The van der Waals surface area contributed by atoms with Crippen LogP contribution in [0.3, 0.4) is 0 Å². The molecule has 432 valence electrons. The third-order valence-electron chi connectivity index (χ3n) is 18.8. The molecule has 16 nitrogen and oxygen atoms in total. The standard InChI is InChI=1S/C65H82N6O10/c1-38-10-4-5-29-81-37-45(15-6-11-39(2)64(79,80)28-24-38)51-34-46-16-9-26-63(78)27-25-49-40(3)55(74)33-44-14-8-17-50-57(44)58(61(77)71-60(50)66)69-36-56(75)52(53(35-70-62(67)68)43-18-20-47(72)21-19-43)32-42-13-7-12-41(30-42)31-48(73)22-23-54(49)65(46,63)59(51)76/h6-8,11-15,17-21,24,30,46,48,51-54,56,58-60,69,72-73,75-76,78-80H,2,9-10,16,22-23,25-29,31-37,66H2,1,3H3,(H,71,77)(H4,67,68,70)/b11-6+,38-24+,45-15-,49-40+/t46-,48+,51+,52+,53+,54+,56-,58-,59+,60+,63+,65+/m0/s1. The van der Waals surface area contributed by atoms with E-state index in [2.05, 4.69) is 34.0 Å². The van der Waals surface area contributed by atoms with Crippen molar-refractivity contribution in [1.29, 1.82) is 0 Å². The fourth-order valence-corrected chi connectivity index (χ4v) is 14.7. The topological polar surface area (TPSA) is 299 Å². The molecule has 16 heteroatoms. The number of ether oxygens (including phenoxy) is 1. The summed E-state index contributed by atoms with van der Waals surface area (Å²) >= 11 is 0. The summed E-state index contributed by atoms with van der Waals surface area (Å²) in [5, 5.41) is 90.1. The van der Waals surface area contributed by atoms with Gasteiger partial charge in [0, 0.05) is 55.2 Å². The summed E-state index contributed by atoms with van der Waals surface area (Å²) in [5.41, 5.74) is 23.3. The van der Waals surface area contributed by atoms with Gasteiger partial charge in [0.25, 0.3) is 0 Å². The number of aliphatic hydroxyl groups excluding tert-OH is 3. The third-order valence-corrected chi connectivity index (χ3v) is 18.8. The number of phenols is 1. The molecule has 3 fully saturated rings. The molecule has 12 atom stereocenters. The molecule has 2 bridgehead atoms. The molecule has 3 aromatic rings. The molecule has 3 aromatic carbocycles. The van der Waals surface area contributed by atoms with E-state index in [-0.39, 0.29) is 81.0 Å².